The van der Waals surface area contributed by atoms with E-state index in [0.29, 0.717) is 12.8 Å². The van der Waals surface area contributed by atoms with Gasteiger partial charge in [-0.3, -0.25) is 14.4 Å². The molecular weight excluding hydrogens is 769 g/mol. The van der Waals surface area contributed by atoms with Gasteiger partial charge in [-0.1, -0.05) is 196 Å². The Morgan fingerprint density at radius 1 is 0.339 bits per heavy atom. The van der Waals surface area contributed by atoms with E-state index in [1.165, 1.54) is 89.9 Å². The zero-order valence-electron chi connectivity index (χ0n) is 40.4. The van der Waals surface area contributed by atoms with Gasteiger partial charge in [-0.2, -0.15) is 0 Å². The topological polar surface area (TPSA) is 78.9 Å². The number of esters is 3. The first-order valence-corrected chi connectivity index (χ1v) is 25.6. The van der Waals surface area contributed by atoms with Crippen LogP contribution in [0.15, 0.2) is 85.1 Å². The van der Waals surface area contributed by atoms with E-state index >= 15 is 0 Å². The third kappa shape index (κ3) is 47.6. The van der Waals surface area contributed by atoms with Crippen molar-refractivity contribution in [3.05, 3.63) is 85.1 Å². The predicted molar refractivity (Wildman–Crippen MR) is 265 cm³/mol. The summed E-state index contributed by atoms with van der Waals surface area (Å²) in [4.78, 5) is 37.9. The van der Waals surface area contributed by atoms with E-state index in [0.717, 1.165) is 96.3 Å². The lowest BCUT2D eigenvalue weighted by molar-refractivity contribution is -0.166. The van der Waals surface area contributed by atoms with Crippen LogP contribution >= 0.6 is 0 Å². The van der Waals surface area contributed by atoms with Crippen LogP contribution in [0.1, 0.15) is 233 Å². The number of hydrogen-bond acceptors (Lipinski definition) is 6. The molecule has 0 aliphatic carbocycles. The molecular formula is C56H94O6. The number of carbonyl (C=O) groups is 3. The number of carbonyl (C=O) groups excluding carboxylic acids is 3. The molecule has 0 bridgehead atoms. The van der Waals surface area contributed by atoms with Gasteiger partial charge in [0.05, 0.1) is 0 Å². The molecule has 1 atom stereocenters. The van der Waals surface area contributed by atoms with Gasteiger partial charge in [0.2, 0.25) is 0 Å². The quantitative estimate of drug-likeness (QED) is 0.0263. The van der Waals surface area contributed by atoms with Gasteiger partial charge in [-0.15, -0.1) is 0 Å². The van der Waals surface area contributed by atoms with Gasteiger partial charge in [0.1, 0.15) is 13.2 Å². The minimum Gasteiger partial charge on any atom is -0.462 e. The summed E-state index contributed by atoms with van der Waals surface area (Å²) < 4.78 is 16.7. The maximum absolute atomic E-state index is 12.8. The monoisotopic (exact) mass is 863 g/mol. The van der Waals surface area contributed by atoms with Crippen molar-refractivity contribution in [2.24, 2.45) is 0 Å². The molecule has 0 saturated heterocycles. The molecule has 0 radical (unpaired) electrons. The molecule has 0 saturated carbocycles. The van der Waals surface area contributed by atoms with Crippen molar-refractivity contribution in [1.82, 2.24) is 0 Å². The fourth-order valence-electron chi connectivity index (χ4n) is 6.77. The average molecular weight is 863 g/mol. The smallest absolute Gasteiger partial charge is 0.306 e. The van der Waals surface area contributed by atoms with Gasteiger partial charge >= 0.3 is 17.9 Å². The molecule has 0 amide bonds. The van der Waals surface area contributed by atoms with Crippen molar-refractivity contribution in [3.63, 3.8) is 0 Å². The zero-order valence-corrected chi connectivity index (χ0v) is 40.4. The summed E-state index contributed by atoms with van der Waals surface area (Å²) in [5.74, 6) is -1.03. The molecule has 0 spiro atoms. The second-order valence-corrected chi connectivity index (χ2v) is 16.7. The van der Waals surface area contributed by atoms with Crippen LogP contribution < -0.4 is 0 Å². The Hall–Kier alpha value is -3.41. The number of rotatable bonds is 45. The third-order valence-electron chi connectivity index (χ3n) is 10.6. The Labute approximate surface area is 382 Å². The molecule has 354 valence electrons. The highest BCUT2D eigenvalue weighted by Crippen LogP contribution is 2.13. The van der Waals surface area contributed by atoms with Crippen LogP contribution in [0, 0.1) is 0 Å². The Morgan fingerprint density at radius 2 is 0.661 bits per heavy atom. The van der Waals surface area contributed by atoms with Gasteiger partial charge in [-0.25, -0.2) is 0 Å². The van der Waals surface area contributed by atoms with Crippen LogP contribution in [0.5, 0.6) is 0 Å². The predicted octanol–water partition coefficient (Wildman–Crippen LogP) is 16.8. The maximum atomic E-state index is 12.8. The number of allylic oxidation sites excluding steroid dienone is 14. The molecule has 0 aromatic rings. The summed E-state index contributed by atoms with van der Waals surface area (Å²) in [6.45, 7) is 6.42. The van der Waals surface area contributed by atoms with Crippen LogP contribution in [-0.2, 0) is 28.6 Å². The van der Waals surface area contributed by atoms with Crippen LogP contribution in [0.4, 0.5) is 0 Å². The van der Waals surface area contributed by atoms with E-state index in [4.69, 9.17) is 14.2 Å². The fraction of sp³-hybridized carbons (Fsp3) is 0.696. The van der Waals surface area contributed by atoms with E-state index < -0.39 is 6.10 Å². The Bertz CT molecular complexity index is 1220. The molecule has 0 aliphatic heterocycles. The molecule has 62 heavy (non-hydrogen) atoms. The SMILES string of the molecule is CC/C=C\C/C=C\C/C=C\C/C=C\C/C=C\CCC(=O)OCC(COC(=O)CCCCC/C=C\CCCCCCCCC)OC(=O)CCCCC/C=C\CCCCCCCCC. The summed E-state index contributed by atoms with van der Waals surface area (Å²) in [7, 11) is 0. The van der Waals surface area contributed by atoms with E-state index in [1.54, 1.807) is 0 Å². The summed E-state index contributed by atoms with van der Waals surface area (Å²) in [6.07, 6.45) is 64.4. The first kappa shape index (κ1) is 58.6. The van der Waals surface area contributed by atoms with E-state index in [2.05, 4.69) is 93.7 Å². The summed E-state index contributed by atoms with van der Waals surface area (Å²) in [5.41, 5.74) is 0. The largest absolute Gasteiger partial charge is 0.462 e. The third-order valence-corrected chi connectivity index (χ3v) is 10.6. The Balaban J connectivity index is 4.54. The lowest BCUT2D eigenvalue weighted by Gasteiger charge is -2.18. The van der Waals surface area contributed by atoms with Crippen molar-refractivity contribution in [3.8, 4) is 0 Å². The number of ether oxygens (including phenoxy) is 3. The van der Waals surface area contributed by atoms with Crippen molar-refractivity contribution in [1.29, 1.82) is 0 Å². The minimum atomic E-state index is -0.819. The molecule has 0 aromatic carbocycles. The molecule has 1 unspecified atom stereocenters. The molecule has 0 aromatic heterocycles. The van der Waals surface area contributed by atoms with Crippen LogP contribution in [0.2, 0.25) is 0 Å². The van der Waals surface area contributed by atoms with E-state index in [9.17, 15) is 14.4 Å². The molecule has 0 aliphatic rings. The highest BCUT2D eigenvalue weighted by Gasteiger charge is 2.19. The second kappa shape index (κ2) is 50.2. The second-order valence-electron chi connectivity index (χ2n) is 16.7. The molecule has 0 heterocycles. The maximum Gasteiger partial charge on any atom is 0.306 e. The first-order chi connectivity index (χ1) is 30.5. The summed E-state index contributed by atoms with van der Waals surface area (Å²) in [5, 5.41) is 0. The molecule has 0 rings (SSSR count). The standard InChI is InChI=1S/C56H94O6/c1-4-7-10-13-16-19-22-25-28-29-32-34-37-40-43-46-49-55(58)61-52-53(62-56(59)50-47-44-41-38-35-31-27-24-21-18-15-12-9-6-3)51-60-54(57)48-45-42-39-36-33-30-26-23-20-17-14-11-8-5-2/h7,10,16,19,25,28,30-35,40,43,53H,4-6,8-9,11-15,17-18,20-24,26-27,29,36-39,41-42,44-52H2,1-3H3/b10-7-,19-16-,28-25-,33-30-,34-32-,35-31-,43-40-. The van der Waals surface area contributed by atoms with E-state index in [-0.39, 0.29) is 44.0 Å². The van der Waals surface area contributed by atoms with Gasteiger partial charge in [0.25, 0.3) is 0 Å². The van der Waals surface area contributed by atoms with Gasteiger partial charge in [0, 0.05) is 19.3 Å². The Kier molecular flexibility index (Phi) is 47.5. The van der Waals surface area contributed by atoms with Crippen molar-refractivity contribution >= 4 is 17.9 Å². The van der Waals surface area contributed by atoms with Crippen molar-refractivity contribution in [2.45, 2.75) is 239 Å². The van der Waals surface area contributed by atoms with Crippen molar-refractivity contribution < 1.29 is 28.6 Å². The number of hydrogen-bond donors (Lipinski definition) is 0. The van der Waals surface area contributed by atoms with Crippen LogP contribution in [0.3, 0.4) is 0 Å². The van der Waals surface area contributed by atoms with Gasteiger partial charge < -0.3 is 14.2 Å². The first-order valence-electron chi connectivity index (χ1n) is 25.6. The van der Waals surface area contributed by atoms with Crippen LogP contribution in [0.25, 0.3) is 0 Å². The number of unbranched alkanes of at least 4 members (excludes halogenated alkanes) is 20. The Morgan fingerprint density at radius 3 is 1.08 bits per heavy atom. The molecule has 6 heteroatoms. The summed E-state index contributed by atoms with van der Waals surface area (Å²) in [6, 6.07) is 0. The van der Waals surface area contributed by atoms with Crippen LogP contribution in [-0.4, -0.2) is 37.2 Å². The van der Waals surface area contributed by atoms with E-state index in [1.807, 2.05) is 12.2 Å². The average Bonchev–Trinajstić information content (AvgIpc) is 3.27. The lowest BCUT2D eigenvalue weighted by atomic mass is 10.1. The minimum absolute atomic E-state index is 0.114. The fourth-order valence-corrected chi connectivity index (χ4v) is 6.77. The summed E-state index contributed by atoms with van der Waals surface area (Å²) >= 11 is 0. The normalized spacial score (nSPS) is 12.8. The molecule has 0 fully saturated rings. The zero-order chi connectivity index (χ0) is 45.1. The van der Waals surface area contributed by atoms with Crippen molar-refractivity contribution in [2.75, 3.05) is 13.2 Å². The lowest BCUT2D eigenvalue weighted by Crippen LogP contribution is -2.30. The highest BCUT2D eigenvalue weighted by molar-refractivity contribution is 5.71. The molecule has 0 N–H and O–H groups in total. The van der Waals surface area contributed by atoms with Gasteiger partial charge in [0.15, 0.2) is 6.10 Å². The van der Waals surface area contributed by atoms with Gasteiger partial charge in [-0.05, 0) is 103 Å². The molecule has 6 nitrogen and oxygen atoms in total. The highest BCUT2D eigenvalue weighted by atomic mass is 16.6.